The lowest BCUT2D eigenvalue weighted by Gasteiger charge is -2.21. The summed E-state index contributed by atoms with van der Waals surface area (Å²) in [6, 6.07) is 8.21. The van der Waals surface area contributed by atoms with E-state index in [0.717, 1.165) is 17.1 Å². The van der Waals surface area contributed by atoms with Gasteiger partial charge in [-0.05, 0) is 6.07 Å². The fourth-order valence-corrected chi connectivity index (χ4v) is 1.87. The highest BCUT2D eigenvalue weighted by Gasteiger charge is 2.15. The number of ether oxygens (including phenoxy) is 2. The molecule has 1 N–H and O–H groups in total. The first-order chi connectivity index (χ1) is 8.65. The quantitative estimate of drug-likeness (QED) is 0.737. The normalized spacial score (nSPS) is 12.9. The van der Waals surface area contributed by atoms with Crippen molar-refractivity contribution in [3.05, 3.63) is 34.9 Å². The van der Waals surface area contributed by atoms with Gasteiger partial charge in [0, 0.05) is 30.3 Å². The average Bonchev–Trinajstić information content (AvgIpc) is 2.34. The van der Waals surface area contributed by atoms with Crippen molar-refractivity contribution in [1.29, 1.82) is 0 Å². The minimum atomic E-state index is -0.0451. The van der Waals surface area contributed by atoms with Crippen LogP contribution in [0.3, 0.4) is 0 Å². The van der Waals surface area contributed by atoms with Crippen LogP contribution in [0.4, 0.5) is 0 Å². The summed E-state index contributed by atoms with van der Waals surface area (Å²) in [5.41, 5.74) is 1.02. The minimum absolute atomic E-state index is 0.0451. The predicted molar refractivity (Wildman–Crippen MR) is 75.2 cm³/mol. The summed E-state index contributed by atoms with van der Waals surface area (Å²) in [5, 5.41) is 4.11. The van der Waals surface area contributed by atoms with E-state index in [4.69, 9.17) is 21.1 Å². The molecule has 18 heavy (non-hydrogen) atoms. The fourth-order valence-electron chi connectivity index (χ4n) is 1.61. The van der Waals surface area contributed by atoms with E-state index >= 15 is 0 Å². The van der Waals surface area contributed by atoms with Crippen LogP contribution in [0, 0.1) is 0 Å². The Morgan fingerprint density at radius 1 is 1.22 bits per heavy atom. The molecule has 0 bridgehead atoms. The second kappa shape index (κ2) is 8.48. The van der Waals surface area contributed by atoms with E-state index in [-0.39, 0.29) is 6.10 Å². The van der Waals surface area contributed by atoms with E-state index in [2.05, 4.69) is 19.2 Å². The molecule has 0 heterocycles. The molecule has 1 aromatic carbocycles. The highest BCUT2D eigenvalue weighted by atomic mass is 35.5. The van der Waals surface area contributed by atoms with E-state index < -0.39 is 0 Å². The molecule has 0 aliphatic heterocycles. The second-order valence-corrected chi connectivity index (χ2v) is 4.84. The van der Waals surface area contributed by atoms with Crippen LogP contribution in [-0.4, -0.2) is 32.9 Å². The molecule has 0 radical (unpaired) electrons. The number of halogens is 1. The third kappa shape index (κ3) is 5.36. The van der Waals surface area contributed by atoms with Crippen molar-refractivity contribution in [2.24, 2.45) is 0 Å². The van der Waals surface area contributed by atoms with E-state index in [1.54, 1.807) is 7.11 Å². The summed E-state index contributed by atoms with van der Waals surface area (Å²) >= 11 is 6.21. The number of rotatable bonds is 8. The van der Waals surface area contributed by atoms with Crippen LogP contribution < -0.4 is 5.32 Å². The molecule has 0 saturated heterocycles. The van der Waals surface area contributed by atoms with Gasteiger partial charge in [-0.3, -0.25) is 0 Å². The van der Waals surface area contributed by atoms with Gasteiger partial charge in [0.15, 0.2) is 0 Å². The van der Waals surface area contributed by atoms with Crippen LogP contribution in [0.15, 0.2) is 24.3 Å². The van der Waals surface area contributed by atoms with Gasteiger partial charge in [-0.25, -0.2) is 0 Å². The average molecular weight is 272 g/mol. The van der Waals surface area contributed by atoms with Crippen molar-refractivity contribution in [1.82, 2.24) is 5.32 Å². The summed E-state index contributed by atoms with van der Waals surface area (Å²) in [7, 11) is 1.67. The van der Waals surface area contributed by atoms with Crippen molar-refractivity contribution in [3.63, 3.8) is 0 Å². The maximum Gasteiger partial charge on any atom is 0.0964 e. The van der Waals surface area contributed by atoms with Crippen molar-refractivity contribution in [2.75, 3.05) is 26.9 Å². The molecule has 0 aliphatic carbocycles. The lowest BCUT2D eigenvalue weighted by Crippen LogP contribution is -2.29. The number of methoxy groups -OCH3 is 1. The first kappa shape index (κ1) is 15.4. The lowest BCUT2D eigenvalue weighted by molar-refractivity contribution is 0.0158. The van der Waals surface area contributed by atoms with Gasteiger partial charge in [0.2, 0.25) is 0 Å². The Kier molecular flexibility index (Phi) is 7.28. The zero-order valence-corrected chi connectivity index (χ0v) is 12.0. The molecule has 102 valence electrons. The van der Waals surface area contributed by atoms with Crippen LogP contribution in [0.25, 0.3) is 0 Å². The molecule has 1 rings (SSSR count). The summed E-state index contributed by atoms with van der Waals surface area (Å²) in [6.45, 7) is 6.11. The van der Waals surface area contributed by atoms with Gasteiger partial charge in [0.25, 0.3) is 0 Å². The van der Waals surface area contributed by atoms with Gasteiger partial charge in [0.1, 0.15) is 0 Å². The van der Waals surface area contributed by atoms with Crippen LogP contribution in [0.1, 0.15) is 25.5 Å². The maximum absolute atomic E-state index is 6.21. The van der Waals surface area contributed by atoms with Gasteiger partial charge in [0.05, 0.1) is 19.3 Å². The van der Waals surface area contributed by atoms with Crippen molar-refractivity contribution in [2.45, 2.75) is 26.0 Å². The molecule has 0 spiro atoms. The topological polar surface area (TPSA) is 30.5 Å². The third-order valence-corrected chi connectivity index (χ3v) is 2.91. The molecule has 0 aliphatic rings. The Balaban J connectivity index is 2.66. The van der Waals surface area contributed by atoms with Crippen LogP contribution in [0.5, 0.6) is 0 Å². The lowest BCUT2D eigenvalue weighted by atomic mass is 10.1. The summed E-state index contributed by atoms with van der Waals surface area (Å²) < 4.78 is 10.8. The molecule has 4 heteroatoms. The van der Waals surface area contributed by atoms with Crippen LogP contribution in [0.2, 0.25) is 5.02 Å². The van der Waals surface area contributed by atoms with E-state index in [9.17, 15) is 0 Å². The molecule has 1 unspecified atom stereocenters. The van der Waals surface area contributed by atoms with Crippen LogP contribution >= 0.6 is 11.6 Å². The highest BCUT2D eigenvalue weighted by Crippen LogP contribution is 2.25. The molecule has 0 amide bonds. The van der Waals surface area contributed by atoms with Crippen LogP contribution in [-0.2, 0) is 9.47 Å². The van der Waals surface area contributed by atoms with Crippen molar-refractivity contribution in [3.8, 4) is 0 Å². The van der Waals surface area contributed by atoms with Gasteiger partial charge in [-0.15, -0.1) is 0 Å². The number of hydrogen-bond donors (Lipinski definition) is 1. The summed E-state index contributed by atoms with van der Waals surface area (Å²) in [6.07, 6.45) is -0.0451. The molecule has 0 aromatic heterocycles. The third-order valence-electron chi connectivity index (χ3n) is 2.57. The van der Waals surface area contributed by atoms with Crippen molar-refractivity contribution < 1.29 is 9.47 Å². The predicted octanol–water partition coefficient (Wildman–Crippen LogP) is 3.04. The Morgan fingerprint density at radius 2 is 1.94 bits per heavy atom. The van der Waals surface area contributed by atoms with Crippen molar-refractivity contribution >= 4 is 11.6 Å². The SMILES string of the molecule is COCCOC(CNC(C)C)c1ccccc1Cl. The monoisotopic (exact) mass is 271 g/mol. The van der Waals surface area contributed by atoms with Gasteiger partial charge in [-0.2, -0.15) is 0 Å². The molecule has 1 aromatic rings. The molecule has 0 saturated carbocycles. The Bertz CT molecular complexity index is 344. The molecule has 3 nitrogen and oxygen atoms in total. The smallest absolute Gasteiger partial charge is 0.0964 e. The standard InChI is InChI=1S/C14H22ClNO2/c1-11(2)16-10-14(18-9-8-17-3)12-6-4-5-7-13(12)15/h4-7,11,14,16H,8-10H2,1-3H3. The zero-order valence-electron chi connectivity index (χ0n) is 11.3. The van der Waals surface area contributed by atoms with E-state index in [0.29, 0.717) is 19.3 Å². The first-order valence-electron chi connectivity index (χ1n) is 6.23. The number of benzene rings is 1. The second-order valence-electron chi connectivity index (χ2n) is 4.44. The Morgan fingerprint density at radius 3 is 2.56 bits per heavy atom. The van der Waals surface area contributed by atoms with Gasteiger partial charge >= 0.3 is 0 Å². The molecular weight excluding hydrogens is 250 g/mol. The van der Waals surface area contributed by atoms with Gasteiger partial charge in [-0.1, -0.05) is 43.6 Å². The van der Waals surface area contributed by atoms with E-state index in [1.165, 1.54) is 0 Å². The molecule has 1 atom stereocenters. The maximum atomic E-state index is 6.21. The first-order valence-corrected chi connectivity index (χ1v) is 6.61. The van der Waals surface area contributed by atoms with E-state index in [1.807, 2.05) is 24.3 Å². The summed E-state index contributed by atoms with van der Waals surface area (Å²) in [5.74, 6) is 0. The summed E-state index contributed by atoms with van der Waals surface area (Å²) in [4.78, 5) is 0. The largest absolute Gasteiger partial charge is 0.382 e. The fraction of sp³-hybridized carbons (Fsp3) is 0.571. The van der Waals surface area contributed by atoms with Gasteiger partial charge < -0.3 is 14.8 Å². The molecule has 0 fully saturated rings. The molecular formula is C14H22ClNO2. The minimum Gasteiger partial charge on any atom is -0.382 e. The Labute approximate surface area is 114 Å². The zero-order chi connectivity index (χ0) is 13.4. The number of nitrogens with one attached hydrogen (secondary N) is 1. The Hall–Kier alpha value is -0.610. The highest BCUT2D eigenvalue weighted by molar-refractivity contribution is 6.31. The number of hydrogen-bond acceptors (Lipinski definition) is 3.